The molecule has 0 fully saturated rings. The van der Waals surface area contributed by atoms with Gasteiger partial charge in [0.05, 0.1) is 7.11 Å². The molecule has 6 heteroatoms. The molecule has 3 aromatic rings. The molecule has 0 aliphatic carbocycles. The molecule has 0 amide bonds. The third-order valence-corrected chi connectivity index (χ3v) is 5.46. The summed E-state index contributed by atoms with van der Waals surface area (Å²) in [6.45, 7) is 3.87. The smallest absolute Gasteiger partial charge is 0.265 e. The first kappa shape index (κ1) is 18.8. The zero-order valence-corrected chi connectivity index (χ0v) is 16.3. The topological polar surface area (TPSA) is 67.4 Å². The minimum Gasteiger partial charge on any atom is -0.495 e. The lowest BCUT2D eigenvalue weighted by Crippen LogP contribution is -2.14. The summed E-state index contributed by atoms with van der Waals surface area (Å²) >= 11 is 0. The molecule has 0 radical (unpaired) electrons. The summed E-state index contributed by atoms with van der Waals surface area (Å²) in [5, 5.41) is 3.29. The van der Waals surface area contributed by atoms with Crippen molar-refractivity contribution in [3.63, 3.8) is 0 Å². The molecule has 0 unspecified atom stereocenters. The highest BCUT2D eigenvalue weighted by Crippen LogP contribution is 2.27. The Labute approximate surface area is 160 Å². The average molecular weight is 382 g/mol. The van der Waals surface area contributed by atoms with Crippen molar-refractivity contribution in [2.75, 3.05) is 17.1 Å². The Balaban J connectivity index is 1.79. The van der Waals surface area contributed by atoms with Crippen molar-refractivity contribution in [3.05, 3.63) is 77.9 Å². The van der Waals surface area contributed by atoms with E-state index in [-0.39, 0.29) is 4.90 Å². The summed E-state index contributed by atoms with van der Waals surface area (Å²) < 4.78 is 33.3. The SMILES string of the molecule is COc1ccc(C)cc1S(=O)(=O)Nc1ccc(Nc2cccc(C)c2)cc1. The van der Waals surface area contributed by atoms with E-state index in [1.807, 2.05) is 56.3 Å². The van der Waals surface area contributed by atoms with Crippen molar-refractivity contribution in [2.45, 2.75) is 18.7 Å². The number of hydrogen-bond donors (Lipinski definition) is 2. The van der Waals surface area contributed by atoms with E-state index in [2.05, 4.69) is 10.0 Å². The number of hydrogen-bond acceptors (Lipinski definition) is 4. The molecule has 140 valence electrons. The first-order valence-electron chi connectivity index (χ1n) is 8.48. The van der Waals surface area contributed by atoms with Crippen LogP contribution in [-0.2, 0) is 10.0 Å². The van der Waals surface area contributed by atoms with Crippen LogP contribution in [0.1, 0.15) is 11.1 Å². The predicted octanol–water partition coefficient (Wildman–Crippen LogP) is 4.86. The molecule has 0 aliphatic rings. The van der Waals surface area contributed by atoms with Gasteiger partial charge in [-0.15, -0.1) is 0 Å². The van der Waals surface area contributed by atoms with Crippen LogP contribution in [0.4, 0.5) is 17.1 Å². The third kappa shape index (κ3) is 4.60. The maximum Gasteiger partial charge on any atom is 0.265 e. The van der Waals surface area contributed by atoms with Crippen LogP contribution >= 0.6 is 0 Å². The number of benzene rings is 3. The molecule has 2 N–H and O–H groups in total. The zero-order valence-electron chi connectivity index (χ0n) is 15.5. The van der Waals surface area contributed by atoms with Gasteiger partial charge in [0.2, 0.25) is 0 Å². The van der Waals surface area contributed by atoms with Gasteiger partial charge in [0.15, 0.2) is 0 Å². The van der Waals surface area contributed by atoms with Crippen LogP contribution in [0.2, 0.25) is 0 Å². The van der Waals surface area contributed by atoms with Crippen LogP contribution < -0.4 is 14.8 Å². The van der Waals surface area contributed by atoms with Gasteiger partial charge in [-0.05, 0) is 73.5 Å². The van der Waals surface area contributed by atoms with Gasteiger partial charge in [-0.2, -0.15) is 0 Å². The highest BCUT2D eigenvalue weighted by molar-refractivity contribution is 7.92. The van der Waals surface area contributed by atoms with Crippen LogP contribution in [0.25, 0.3) is 0 Å². The molecule has 0 aliphatic heterocycles. The Bertz CT molecular complexity index is 1050. The summed E-state index contributed by atoms with van der Waals surface area (Å²) in [6.07, 6.45) is 0. The molecule has 0 aromatic heterocycles. The van der Waals surface area contributed by atoms with E-state index in [9.17, 15) is 8.42 Å². The normalized spacial score (nSPS) is 11.1. The number of methoxy groups -OCH3 is 1. The maximum absolute atomic E-state index is 12.7. The maximum atomic E-state index is 12.7. The summed E-state index contributed by atoms with van der Waals surface area (Å²) in [6, 6.07) is 20.2. The van der Waals surface area contributed by atoms with E-state index in [0.29, 0.717) is 11.4 Å². The van der Waals surface area contributed by atoms with Gasteiger partial charge < -0.3 is 10.1 Å². The fourth-order valence-electron chi connectivity index (χ4n) is 2.72. The van der Waals surface area contributed by atoms with Crippen molar-refractivity contribution in [3.8, 4) is 5.75 Å². The fourth-order valence-corrected chi connectivity index (χ4v) is 4.03. The lowest BCUT2D eigenvalue weighted by atomic mass is 10.2. The standard InChI is InChI=1S/C21H22N2O3S/c1-15-5-4-6-19(13-15)22-17-8-10-18(11-9-17)23-27(24,25)21-14-16(2)7-12-20(21)26-3/h4-14,22-23H,1-3H3. The van der Waals surface area contributed by atoms with E-state index >= 15 is 0 Å². The van der Waals surface area contributed by atoms with Crippen molar-refractivity contribution >= 4 is 27.1 Å². The number of nitrogens with one attached hydrogen (secondary N) is 2. The summed E-state index contributed by atoms with van der Waals surface area (Å²) in [7, 11) is -2.30. The molecule has 0 atom stereocenters. The van der Waals surface area contributed by atoms with Crippen LogP contribution in [-0.4, -0.2) is 15.5 Å². The second-order valence-electron chi connectivity index (χ2n) is 6.33. The van der Waals surface area contributed by atoms with Crippen LogP contribution in [0, 0.1) is 13.8 Å². The Morgan fingerprint density at radius 1 is 0.778 bits per heavy atom. The van der Waals surface area contributed by atoms with E-state index < -0.39 is 10.0 Å². The molecule has 0 saturated carbocycles. The lowest BCUT2D eigenvalue weighted by Gasteiger charge is -2.13. The minimum atomic E-state index is -3.75. The average Bonchev–Trinajstić information content (AvgIpc) is 2.63. The Morgan fingerprint density at radius 3 is 2.11 bits per heavy atom. The quantitative estimate of drug-likeness (QED) is 0.639. The number of aryl methyl sites for hydroxylation is 2. The first-order chi connectivity index (χ1) is 12.9. The molecule has 3 rings (SSSR count). The van der Waals surface area contributed by atoms with Crippen molar-refractivity contribution < 1.29 is 13.2 Å². The second kappa shape index (κ2) is 7.72. The van der Waals surface area contributed by atoms with Gasteiger partial charge in [0, 0.05) is 17.1 Å². The van der Waals surface area contributed by atoms with Gasteiger partial charge in [-0.3, -0.25) is 4.72 Å². The van der Waals surface area contributed by atoms with E-state index in [1.54, 1.807) is 24.3 Å². The number of ether oxygens (including phenoxy) is 1. The predicted molar refractivity (Wildman–Crippen MR) is 109 cm³/mol. The van der Waals surface area contributed by atoms with Gasteiger partial charge >= 0.3 is 0 Å². The Morgan fingerprint density at radius 2 is 1.44 bits per heavy atom. The van der Waals surface area contributed by atoms with Crippen LogP contribution in [0.15, 0.2) is 71.6 Å². The monoisotopic (exact) mass is 382 g/mol. The van der Waals surface area contributed by atoms with Crippen LogP contribution in [0.5, 0.6) is 5.75 Å². The lowest BCUT2D eigenvalue weighted by molar-refractivity contribution is 0.402. The van der Waals surface area contributed by atoms with Crippen LogP contribution in [0.3, 0.4) is 0 Å². The molecular weight excluding hydrogens is 360 g/mol. The summed E-state index contributed by atoms with van der Waals surface area (Å²) in [4.78, 5) is 0.118. The van der Waals surface area contributed by atoms with E-state index in [0.717, 1.165) is 22.5 Å². The summed E-state index contributed by atoms with van der Waals surface area (Å²) in [5.74, 6) is 0.311. The molecule has 3 aromatic carbocycles. The minimum absolute atomic E-state index is 0.118. The summed E-state index contributed by atoms with van der Waals surface area (Å²) in [5.41, 5.74) is 4.34. The first-order valence-corrected chi connectivity index (χ1v) is 9.97. The molecule has 5 nitrogen and oxygen atoms in total. The molecular formula is C21H22N2O3S. The van der Waals surface area contributed by atoms with Gasteiger partial charge in [0.1, 0.15) is 10.6 Å². The van der Waals surface area contributed by atoms with Gasteiger partial charge in [-0.1, -0.05) is 18.2 Å². The van der Waals surface area contributed by atoms with Crippen molar-refractivity contribution in [1.82, 2.24) is 0 Å². The Kier molecular flexibility index (Phi) is 5.37. The Hall–Kier alpha value is -2.99. The zero-order chi connectivity index (χ0) is 19.4. The van der Waals surface area contributed by atoms with Crippen molar-refractivity contribution in [2.24, 2.45) is 0 Å². The van der Waals surface area contributed by atoms with E-state index in [1.165, 1.54) is 7.11 Å². The molecule has 0 saturated heterocycles. The molecule has 0 heterocycles. The molecule has 27 heavy (non-hydrogen) atoms. The number of rotatable bonds is 6. The van der Waals surface area contributed by atoms with Crippen molar-refractivity contribution in [1.29, 1.82) is 0 Å². The fraction of sp³-hybridized carbons (Fsp3) is 0.143. The molecule has 0 bridgehead atoms. The highest BCUT2D eigenvalue weighted by atomic mass is 32.2. The largest absolute Gasteiger partial charge is 0.495 e. The molecule has 0 spiro atoms. The number of anilines is 3. The highest BCUT2D eigenvalue weighted by Gasteiger charge is 2.19. The van der Waals surface area contributed by atoms with E-state index in [4.69, 9.17) is 4.74 Å². The third-order valence-electron chi connectivity index (χ3n) is 4.05. The van der Waals surface area contributed by atoms with Gasteiger partial charge in [0.25, 0.3) is 10.0 Å². The van der Waals surface area contributed by atoms with Gasteiger partial charge in [-0.25, -0.2) is 8.42 Å². The number of sulfonamides is 1. The second-order valence-corrected chi connectivity index (χ2v) is 7.98.